The first-order chi connectivity index (χ1) is 20.5. The monoisotopic (exact) mass is 574 g/mol. The summed E-state index contributed by atoms with van der Waals surface area (Å²) in [6.07, 6.45) is 3.84. The Morgan fingerprint density at radius 1 is 1.00 bits per heavy atom. The molecule has 0 spiro atoms. The second-order valence-electron chi connectivity index (χ2n) is 9.98. The van der Waals surface area contributed by atoms with Gasteiger partial charge in [0.1, 0.15) is 23.3 Å². The van der Waals surface area contributed by atoms with Crippen LogP contribution < -0.4 is 10.2 Å². The molecule has 0 radical (unpaired) electrons. The van der Waals surface area contributed by atoms with Crippen LogP contribution >= 0.6 is 11.3 Å². The molecule has 0 atom stereocenters. The van der Waals surface area contributed by atoms with Crippen LogP contribution in [-0.2, 0) is 6.42 Å². The lowest BCUT2D eigenvalue weighted by Gasteiger charge is -2.22. The van der Waals surface area contributed by atoms with E-state index in [4.69, 9.17) is 9.40 Å². The Hall–Kier alpha value is -5.15. The Labute approximate surface area is 244 Å². The average Bonchev–Trinajstić information content (AvgIpc) is 3.61. The highest BCUT2D eigenvalue weighted by Gasteiger charge is 2.28. The summed E-state index contributed by atoms with van der Waals surface area (Å²) in [4.78, 5) is 39.3. The third-order valence-corrected chi connectivity index (χ3v) is 8.57. The second kappa shape index (κ2) is 10.4. The molecule has 0 saturated heterocycles. The number of hydrogen-bond acceptors (Lipinski definition) is 6. The molecule has 7 rings (SSSR count). The third kappa shape index (κ3) is 4.44. The van der Waals surface area contributed by atoms with Crippen LogP contribution in [0.15, 0.2) is 95.7 Å². The predicted molar refractivity (Wildman–Crippen MR) is 161 cm³/mol. The molecule has 1 aliphatic heterocycles. The fourth-order valence-electron chi connectivity index (χ4n) is 5.27. The number of furan rings is 1. The van der Waals surface area contributed by atoms with Gasteiger partial charge in [0.25, 0.3) is 11.8 Å². The first kappa shape index (κ1) is 25.8. The minimum Gasteiger partial charge on any atom is -0.462 e. The minimum atomic E-state index is -0.476. The summed E-state index contributed by atoms with van der Waals surface area (Å²) in [6.45, 7) is 2.15. The van der Waals surface area contributed by atoms with E-state index in [-0.39, 0.29) is 17.5 Å². The quantitative estimate of drug-likeness (QED) is 0.235. The molecule has 2 amide bonds. The Morgan fingerprint density at radius 3 is 2.74 bits per heavy atom. The number of carbonyl (C=O) groups is 2. The largest absolute Gasteiger partial charge is 0.462 e. The number of pyridine rings is 2. The molecule has 0 fully saturated rings. The van der Waals surface area contributed by atoms with Gasteiger partial charge in [0.2, 0.25) is 0 Å². The maximum atomic E-state index is 14.4. The van der Waals surface area contributed by atoms with Gasteiger partial charge < -0.3 is 14.6 Å². The average molecular weight is 575 g/mol. The highest BCUT2D eigenvalue weighted by atomic mass is 32.1. The van der Waals surface area contributed by atoms with Gasteiger partial charge in [-0.3, -0.25) is 14.6 Å². The molecule has 0 aliphatic carbocycles. The minimum absolute atomic E-state index is 0.178. The SMILES string of the molecule is Cc1cccc(F)c1NC(=O)c1cc2c(s1)-c1ccccc1N(C(=O)c1cccc(-c3coc4cccnc34)n1)CC2. The number of aromatic nitrogens is 2. The number of fused-ring (bicyclic) bond motifs is 4. The number of amides is 2. The van der Waals surface area contributed by atoms with E-state index in [9.17, 15) is 14.0 Å². The summed E-state index contributed by atoms with van der Waals surface area (Å²) in [7, 11) is 0. The van der Waals surface area contributed by atoms with E-state index in [0.29, 0.717) is 45.9 Å². The number of nitrogens with one attached hydrogen (secondary N) is 1. The number of nitrogens with zero attached hydrogens (tertiary/aromatic N) is 3. The van der Waals surface area contributed by atoms with Crippen LogP contribution in [-0.4, -0.2) is 28.3 Å². The molecule has 2 aromatic carbocycles. The molecule has 0 saturated carbocycles. The molecule has 0 bridgehead atoms. The summed E-state index contributed by atoms with van der Waals surface area (Å²) in [5.41, 5.74) is 6.33. The van der Waals surface area contributed by atoms with Crippen molar-refractivity contribution in [3.8, 4) is 21.7 Å². The number of halogens is 1. The summed E-state index contributed by atoms with van der Waals surface area (Å²) in [5, 5.41) is 2.73. The van der Waals surface area contributed by atoms with E-state index in [1.54, 1.807) is 54.6 Å². The van der Waals surface area contributed by atoms with Crippen LogP contribution in [0.4, 0.5) is 15.8 Å². The van der Waals surface area contributed by atoms with Crippen molar-refractivity contribution < 1.29 is 18.4 Å². The Kier molecular flexibility index (Phi) is 6.36. The van der Waals surface area contributed by atoms with Gasteiger partial charge in [-0.1, -0.05) is 36.4 Å². The molecular formula is C33H23FN4O3S. The van der Waals surface area contributed by atoms with Gasteiger partial charge in [-0.15, -0.1) is 11.3 Å². The van der Waals surface area contributed by atoms with Gasteiger partial charge in [-0.2, -0.15) is 0 Å². The predicted octanol–water partition coefficient (Wildman–Crippen LogP) is 7.52. The van der Waals surface area contributed by atoms with E-state index in [1.807, 2.05) is 42.5 Å². The van der Waals surface area contributed by atoms with Crippen molar-refractivity contribution in [2.24, 2.45) is 0 Å². The fourth-order valence-corrected chi connectivity index (χ4v) is 6.41. The van der Waals surface area contributed by atoms with Crippen molar-refractivity contribution in [1.82, 2.24) is 9.97 Å². The smallest absolute Gasteiger partial charge is 0.276 e. The summed E-state index contributed by atoms with van der Waals surface area (Å²) in [5.74, 6) is -1.07. The lowest BCUT2D eigenvalue weighted by Crippen LogP contribution is -2.33. The van der Waals surface area contributed by atoms with Gasteiger partial charge in [-0.25, -0.2) is 9.37 Å². The molecule has 1 aliphatic rings. The van der Waals surface area contributed by atoms with Crippen molar-refractivity contribution >= 4 is 45.6 Å². The summed E-state index contributed by atoms with van der Waals surface area (Å²) in [6, 6.07) is 23.2. The molecule has 42 heavy (non-hydrogen) atoms. The van der Waals surface area contributed by atoms with E-state index >= 15 is 0 Å². The molecule has 9 heteroatoms. The number of rotatable bonds is 4. The standard InChI is InChI=1S/C33H23FN4O3S/c1-19-7-4-9-23(34)29(19)37-32(39)28-17-20-14-16-38(26-12-3-2-8-21(26)31(20)42-28)33(40)25-11-5-10-24(36-25)22-18-41-27-13-6-15-35-30(22)27/h2-13,15,17-18H,14,16H2,1H3,(H,37,39). The molecule has 0 unspecified atom stereocenters. The van der Waals surface area contributed by atoms with Crippen molar-refractivity contribution in [1.29, 1.82) is 0 Å². The lowest BCUT2D eigenvalue weighted by molar-refractivity contribution is 0.0981. The highest BCUT2D eigenvalue weighted by molar-refractivity contribution is 7.17. The van der Waals surface area contributed by atoms with Gasteiger partial charge in [0, 0.05) is 23.2 Å². The number of aryl methyl sites for hydroxylation is 1. The zero-order valence-corrected chi connectivity index (χ0v) is 23.2. The molecule has 5 heterocycles. The van der Waals surface area contributed by atoms with Gasteiger partial charge in [0.05, 0.1) is 27.5 Å². The van der Waals surface area contributed by atoms with Gasteiger partial charge in [0.15, 0.2) is 5.58 Å². The topological polar surface area (TPSA) is 88.3 Å². The normalized spacial score (nSPS) is 12.5. The second-order valence-corrected chi connectivity index (χ2v) is 11.0. The van der Waals surface area contributed by atoms with E-state index in [1.165, 1.54) is 17.4 Å². The number of benzene rings is 2. The zero-order chi connectivity index (χ0) is 28.8. The maximum Gasteiger partial charge on any atom is 0.276 e. The number of hydrogen-bond donors (Lipinski definition) is 1. The maximum absolute atomic E-state index is 14.4. The molecular weight excluding hydrogens is 551 g/mol. The molecule has 4 aromatic heterocycles. The number of thiophene rings is 1. The van der Waals surface area contributed by atoms with E-state index in [0.717, 1.165) is 27.3 Å². The zero-order valence-electron chi connectivity index (χ0n) is 22.4. The number of anilines is 2. The molecule has 1 N–H and O–H groups in total. The van der Waals surface area contributed by atoms with Crippen molar-refractivity contribution in [3.63, 3.8) is 0 Å². The number of carbonyl (C=O) groups excluding carboxylic acids is 2. The van der Waals surface area contributed by atoms with Crippen LogP contribution in [0.1, 0.15) is 31.3 Å². The van der Waals surface area contributed by atoms with Crippen molar-refractivity contribution in [3.05, 3.63) is 119 Å². The van der Waals surface area contributed by atoms with Crippen LogP contribution in [0, 0.1) is 12.7 Å². The van der Waals surface area contributed by atoms with E-state index in [2.05, 4.69) is 10.3 Å². The molecule has 206 valence electrons. The first-order valence-corrected chi connectivity index (χ1v) is 14.2. The lowest BCUT2D eigenvalue weighted by atomic mass is 10.1. The molecule has 7 nitrogen and oxygen atoms in total. The Bertz CT molecular complexity index is 1990. The van der Waals surface area contributed by atoms with Crippen molar-refractivity contribution in [2.75, 3.05) is 16.8 Å². The Balaban J connectivity index is 1.21. The van der Waals surface area contributed by atoms with Gasteiger partial charge in [-0.05, 0) is 66.9 Å². The van der Waals surface area contributed by atoms with E-state index < -0.39 is 5.82 Å². The summed E-state index contributed by atoms with van der Waals surface area (Å²) >= 11 is 1.34. The molecule has 6 aromatic rings. The number of para-hydroxylation sites is 2. The van der Waals surface area contributed by atoms with Crippen molar-refractivity contribution in [2.45, 2.75) is 13.3 Å². The van der Waals surface area contributed by atoms with Crippen LogP contribution in [0.5, 0.6) is 0 Å². The third-order valence-electron chi connectivity index (χ3n) is 7.36. The van der Waals surface area contributed by atoms with Gasteiger partial charge >= 0.3 is 0 Å². The summed E-state index contributed by atoms with van der Waals surface area (Å²) < 4.78 is 20.0. The Morgan fingerprint density at radius 2 is 1.86 bits per heavy atom. The van der Waals surface area contributed by atoms with Crippen LogP contribution in [0.3, 0.4) is 0 Å². The highest BCUT2D eigenvalue weighted by Crippen LogP contribution is 2.42. The fraction of sp³-hybridized carbons (Fsp3) is 0.0909. The van der Waals surface area contributed by atoms with Crippen LogP contribution in [0.25, 0.3) is 32.8 Å². The first-order valence-electron chi connectivity index (χ1n) is 13.4. The van der Waals surface area contributed by atoms with Crippen LogP contribution in [0.2, 0.25) is 0 Å².